The number of ketones is 1. The molecule has 1 amide bonds. The van der Waals surface area contributed by atoms with Crippen LogP contribution in [0.4, 0.5) is 11.4 Å². The lowest BCUT2D eigenvalue weighted by molar-refractivity contribution is -0.384. The maximum atomic E-state index is 11.7. The van der Waals surface area contributed by atoms with Gasteiger partial charge in [0.2, 0.25) is 5.91 Å². The fraction of sp³-hybridized carbons (Fsp3) is 0.385. The summed E-state index contributed by atoms with van der Waals surface area (Å²) in [5.41, 5.74) is 0.723. The van der Waals surface area contributed by atoms with Crippen LogP contribution in [0.1, 0.15) is 17.3 Å². The molecule has 2 rings (SSSR count). The molecule has 0 unspecified atom stereocenters. The summed E-state index contributed by atoms with van der Waals surface area (Å²) in [6.45, 7) is 2.70. The molecular formula is C13H15N3O4. The molecule has 1 aromatic rings. The first-order chi connectivity index (χ1) is 9.40. The van der Waals surface area contributed by atoms with Crippen LogP contribution in [-0.4, -0.2) is 48.2 Å². The van der Waals surface area contributed by atoms with Crippen LogP contribution in [0.15, 0.2) is 18.2 Å². The average Bonchev–Trinajstić information content (AvgIpc) is 2.41. The molecule has 1 fully saturated rings. The largest absolute Gasteiger partial charge is 0.360 e. The third-order valence-corrected chi connectivity index (χ3v) is 3.37. The number of nitro groups is 1. The van der Waals surface area contributed by atoms with Gasteiger partial charge in [-0.1, -0.05) is 0 Å². The molecule has 0 spiro atoms. The number of hydrogen-bond acceptors (Lipinski definition) is 5. The van der Waals surface area contributed by atoms with Gasteiger partial charge in [0, 0.05) is 43.5 Å². The highest BCUT2D eigenvalue weighted by Crippen LogP contribution is 2.27. The van der Waals surface area contributed by atoms with Gasteiger partial charge in [-0.3, -0.25) is 19.7 Å². The normalized spacial score (nSPS) is 15.4. The number of Topliss-reactive ketones (excluding diaryl/α,β-unsaturated/α-hetero) is 1. The lowest BCUT2D eigenvalue weighted by atomic mass is 10.1. The molecular weight excluding hydrogens is 262 g/mol. The van der Waals surface area contributed by atoms with E-state index in [1.165, 1.54) is 25.1 Å². The molecule has 0 saturated carbocycles. The predicted molar refractivity (Wildman–Crippen MR) is 73.0 cm³/mol. The zero-order valence-electron chi connectivity index (χ0n) is 11.3. The van der Waals surface area contributed by atoms with E-state index < -0.39 is 4.92 Å². The van der Waals surface area contributed by atoms with E-state index in [2.05, 4.69) is 0 Å². The number of carbonyl (C=O) groups excluding carboxylic acids is 2. The molecule has 7 nitrogen and oxygen atoms in total. The fourth-order valence-corrected chi connectivity index (χ4v) is 2.16. The third-order valence-electron chi connectivity index (χ3n) is 3.37. The second-order valence-electron chi connectivity index (χ2n) is 4.75. The highest BCUT2D eigenvalue weighted by molar-refractivity contribution is 6.01. The summed E-state index contributed by atoms with van der Waals surface area (Å²) in [6.07, 6.45) is 0. The van der Waals surface area contributed by atoms with Crippen LogP contribution in [0.2, 0.25) is 0 Å². The van der Waals surface area contributed by atoms with E-state index in [0.29, 0.717) is 18.8 Å². The third kappa shape index (κ3) is 2.61. The zero-order valence-corrected chi connectivity index (χ0v) is 11.3. The Bertz CT molecular complexity index is 585. The van der Waals surface area contributed by atoms with Gasteiger partial charge in [-0.05, 0) is 13.0 Å². The topological polar surface area (TPSA) is 83.8 Å². The quantitative estimate of drug-likeness (QED) is 0.469. The molecule has 0 N–H and O–H groups in total. The molecule has 0 aliphatic carbocycles. The minimum absolute atomic E-state index is 0.0379. The number of nitrogens with zero attached hydrogens (tertiary/aromatic N) is 3. The lowest BCUT2D eigenvalue weighted by Gasteiger charge is -2.34. The van der Waals surface area contributed by atoms with Gasteiger partial charge in [-0.25, -0.2) is 0 Å². The number of nitro benzene ring substituents is 1. The Kier molecular flexibility index (Phi) is 3.69. The molecule has 7 heteroatoms. The molecule has 0 radical (unpaired) electrons. The molecule has 1 aromatic carbocycles. The van der Waals surface area contributed by atoms with E-state index in [1.54, 1.807) is 16.8 Å². The number of likely N-dealkylation sites (N-methyl/N-ethyl adjacent to an activating group) is 1. The lowest BCUT2D eigenvalue weighted by Crippen LogP contribution is -2.48. The summed E-state index contributed by atoms with van der Waals surface area (Å²) in [7, 11) is 1.72. The van der Waals surface area contributed by atoms with E-state index in [4.69, 9.17) is 0 Å². The van der Waals surface area contributed by atoms with E-state index in [-0.39, 0.29) is 29.5 Å². The number of carbonyl (C=O) groups is 2. The SMILES string of the molecule is CC(=O)c1cc([N+](=O)[O-])ccc1N1CCN(C)C(=O)C1. The van der Waals surface area contributed by atoms with Crippen molar-refractivity contribution in [3.05, 3.63) is 33.9 Å². The molecule has 1 heterocycles. The standard InChI is InChI=1S/C13H15N3O4/c1-9(17)11-7-10(16(19)20)3-4-12(11)15-6-5-14(2)13(18)8-15/h3-4,7H,5-6,8H2,1-2H3. The highest BCUT2D eigenvalue weighted by atomic mass is 16.6. The number of rotatable bonds is 3. The van der Waals surface area contributed by atoms with E-state index in [0.717, 1.165) is 0 Å². The van der Waals surface area contributed by atoms with Gasteiger partial charge in [-0.2, -0.15) is 0 Å². The molecule has 0 aromatic heterocycles. The minimum Gasteiger partial charge on any atom is -0.360 e. The van der Waals surface area contributed by atoms with Crippen molar-refractivity contribution in [3.63, 3.8) is 0 Å². The maximum Gasteiger partial charge on any atom is 0.270 e. The van der Waals surface area contributed by atoms with Crippen LogP contribution in [0.25, 0.3) is 0 Å². The van der Waals surface area contributed by atoms with Gasteiger partial charge in [0.1, 0.15) is 0 Å². The van der Waals surface area contributed by atoms with E-state index in [9.17, 15) is 19.7 Å². The van der Waals surface area contributed by atoms with Crippen molar-refractivity contribution in [2.24, 2.45) is 0 Å². The van der Waals surface area contributed by atoms with Gasteiger partial charge >= 0.3 is 0 Å². The highest BCUT2D eigenvalue weighted by Gasteiger charge is 2.25. The Morgan fingerprint density at radius 2 is 2.05 bits per heavy atom. The number of benzene rings is 1. The second-order valence-corrected chi connectivity index (χ2v) is 4.75. The summed E-state index contributed by atoms with van der Waals surface area (Å²) >= 11 is 0. The molecule has 0 atom stereocenters. The van der Waals surface area contributed by atoms with Crippen molar-refractivity contribution in [1.82, 2.24) is 4.90 Å². The molecule has 1 aliphatic rings. The van der Waals surface area contributed by atoms with Crippen molar-refractivity contribution >= 4 is 23.1 Å². The zero-order chi connectivity index (χ0) is 14.9. The first-order valence-electron chi connectivity index (χ1n) is 6.18. The summed E-state index contributed by atoms with van der Waals surface area (Å²) in [6, 6.07) is 4.15. The first-order valence-corrected chi connectivity index (χ1v) is 6.18. The molecule has 1 aliphatic heterocycles. The van der Waals surface area contributed by atoms with Gasteiger partial charge in [0.15, 0.2) is 5.78 Å². The average molecular weight is 277 g/mol. The number of anilines is 1. The number of amides is 1. The minimum atomic E-state index is -0.536. The van der Waals surface area contributed by atoms with Crippen LogP contribution in [-0.2, 0) is 4.79 Å². The Labute approximate surface area is 115 Å². The van der Waals surface area contributed by atoms with E-state index >= 15 is 0 Å². The maximum absolute atomic E-state index is 11.7. The molecule has 1 saturated heterocycles. The van der Waals surface area contributed by atoms with Gasteiger partial charge in [-0.15, -0.1) is 0 Å². The Hall–Kier alpha value is -2.44. The fourth-order valence-electron chi connectivity index (χ4n) is 2.16. The number of piperazine rings is 1. The van der Waals surface area contributed by atoms with Crippen molar-refractivity contribution < 1.29 is 14.5 Å². The Morgan fingerprint density at radius 1 is 1.35 bits per heavy atom. The van der Waals surface area contributed by atoms with Crippen molar-refractivity contribution in [2.45, 2.75) is 6.92 Å². The molecule has 106 valence electrons. The van der Waals surface area contributed by atoms with Gasteiger partial charge in [0.05, 0.1) is 11.5 Å². The summed E-state index contributed by atoms with van der Waals surface area (Å²) in [5.74, 6) is -0.292. The molecule has 0 bridgehead atoms. The van der Waals surface area contributed by atoms with Crippen LogP contribution < -0.4 is 4.90 Å². The summed E-state index contributed by atoms with van der Waals surface area (Å²) in [5, 5.41) is 10.8. The first kappa shape index (κ1) is 14.0. The van der Waals surface area contributed by atoms with Crippen molar-refractivity contribution in [1.29, 1.82) is 0 Å². The molecule has 20 heavy (non-hydrogen) atoms. The van der Waals surface area contributed by atoms with Crippen molar-refractivity contribution in [2.75, 3.05) is 31.6 Å². The second kappa shape index (κ2) is 5.28. The summed E-state index contributed by atoms with van der Waals surface area (Å²) in [4.78, 5) is 37.1. The predicted octanol–water partition coefficient (Wildman–Crippen LogP) is 1.08. The van der Waals surface area contributed by atoms with E-state index in [1.807, 2.05) is 0 Å². The van der Waals surface area contributed by atoms with Gasteiger partial charge < -0.3 is 9.80 Å². The Morgan fingerprint density at radius 3 is 2.60 bits per heavy atom. The smallest absolute Gasteiger partial charge is 0.270 e. The summed E-state index contributed by atoms with van der Waals surface area (Å²) < 4.78 is 0. The van der Waals surface area contributed by atoms with Gasteiger partial charge in [0.25, 0.3) is 5.69 Å². The Balaban J connectivity index is 2.38. The van der Waals surface area contributed by atoms with Crippen LogP contribution >= 0.6 is 0 Å². The monoisotopic (exact) mass is 277 g/mol. The van der Waals surface area contributed by atoms with Crippen LogP contribution in [0.5, 0.6) is 0 Å². The van der Waals surface area contributed by atoms with Crippen LogP contribution in [0, 0.1) is 10.1 Å². The number of hydrogen-bond donors (Lipinski definition) is 0. The van der Waals surface area contributed by atoms with Crippen molar-refractivity contribution in [3.8, 4) is 0 Å². The number of non-ortho nitro benzene ring substituents is 1. The van der Waals surface area contributed by atoms with Crippen LogP contribution in [0.3, 0.4) is 0 Å².